The van der Waals surface area contributed by atoms with Crippen LogP contribution in [0.15, 0.2) is 48.7 Å². The third-order valence-corrected chi connectivity index (χ3v) is 5.02. The molecule has 1 aliphatic rings. The Bertz CT molecular complexity index is 774. The number of rotatable bonds is 7. The molecule has 3 rings (SSSR count). The van der Waals surface area contributed by atoms with E-state index in [1.165, 1.54) is 25.0 Å². The lowest BCUT2D eigenvalue weighted by atomic mass is 10.1. The predicted molar refractivity (Wildman–Crippen MR) is 102 cm³/mol. The maximum Gasteiger partial charge on any atom is 0.269 e. The highest BCUT2D eigenvalue weighted by molar-refractivity contribution is 5.79. The lowest BCUT2D eigenvalue weighted by Crippen LogP contribution is -2.39. The van der Waals surface area contributed by atoms with Crippen molar-refractivity contribution < 1.29 is 9.72 Å². The third-order valence-electron chi connectivity index (χ3n) is 5.02. The van der Waals surface area contributed by atoms with Gasteiger partial charge < -0.3 is 9.80 Å². The van der Waals surface area contributed by atoms with Gasteiger partial charge in [-0.1, -0.05) is 18.2 Å². The Morgan fingerprint density at radius 2 is 1.93 bits per heavy atom. The number of hydrogen-bond acceptors (Lipinski definition) is 5. The summed E-state index contributed by atoms with van der Waals surface area (Å²) >= 11 is 0. The molecule has 1 aromatic carbocycles. The molecule has 1 fully saturated rings. The second-order valence-corrected chi connectivity index (χ2v) is 6.88. The molecule has 0 N–H and O–H groups in total. The van der Waals surface area contributed by atoms with E-state index < -0.39 is 4.92 Å². The van der Waals surface area contributed by atoms with Crippen LogP contribution in [0.25, 0.3) is 0 Å². The van der Waals surface area contributed by atoms with E-state index in [1.807, 2.05) is 25.2 Å². The van der Waals surface area contributed by atoms with Crippen LogP contribution in [0.3, 0.4) is 0 Å². The van der Waals surface area contributed by atoms with Crippen LogP contribution in [0.2, 0.25) is 0 Å². The molecule has 0 radical (unpaired) electrons. The molecule has 0 bridgehead atoms. The number of amides is 1. The highest BCUT2D eigenvalue weighted by Crippen LogP contribution is 2.22. The molecule has 1 atom stereocenters. The highest BCUT2D eigenvalue weighted by atomic mass is 16.6. The molecule has 7 heteroatoms. The summed E-state index contributed by atoms with van der Waals surface area (Å²) in [5, 5.41) is 10.8. The molecule has 0 saturated carbocycles. The Morgan fingerprint density at radius 1 is 1.22 bits per heavy atom. The SMILES string of the molecule is CN(C(=O)Cc1ccc([N+](=O)[O-])cc1)C(CN1CCCC1)c1ccccn1. The second-order valence-electron chi connectivity index (χ2n) is 6.88. The zero-order valence-corrected chi connectivity index (χ0v) is 15.5. The van der Waals surface area contributed by atoms with Gasteiger partial charge in [0.25, 0.3) is 5.69 Å². The average molecular weight is 368 g/mol. The minimum absolute atomic E-state index is 0.0277. The smallest absolute Gasteiger partial charge is 0.269 e. The topological polar surface area (TPSA) is 79.6 Å². The molecule has 2 aromatic rings. The summed E-state index contributed by atoms with van der Waals surface area (Å²) in [6.45, 7) is 2.86. The number of likely N-dealkylation sites (tertiary alicyclic amines) is 1. The first-order chi connectivity index (χ1) is 13.0. The molecule has 1 aromatic heterocycles. The second kappa shape index (κ2) is 8.73. The van der Waals surface area contributed by atoms with Crippen molar-refractivity contribution in [3.63, 3.8) is 0 Å². The zero-order valence-electron chi connectivity index (χ0n) is 15.5. The van der Waals surface area contributed by atoms with E-state index in [9.17, 15) is 14.9 Å². The number of nitrogens with zero attached hydrogens (tertiary/aromatic N) is 4. The molecule has 0 spiro atoms. The van der Waals surface area contributed by atoms with E-state index >= 15 is 0 Å². The van der Waals surface area contributed by atoms with Crippen LogP contribution in [0.1, 0.15) is 30.1 Å². The summed E-state index contributed by atoms with van der Waals surface area (Å²) in [4.78, 5) is 31.8. The van der Waals surface area contributed by atoms with Crippen molar-refractivity contribution in [3.8, 4) is 0 Å². The van der Waals surface area contributed by atoms with Gasteiger partial charge in [0.1, 0.15) is 0 Å². The van der Waals surface area contributed by atoms with E-state index in [2.05, 4.69) is 9.88 Å². The maximum absolute atomic E-state index is 12.9. The van der Waals surface area contributed by atoms with E-state index in [4.69, 9.17) is 0 Å². The van der Waals surface area contributed by atoms with Gasteiger partial charge in [0.2, 0.25) is 5.91 Å². The van der Waals surface area contributed by atoms with Crippen molar-refractivity contribution in [2.24, 2.45) is 0 Å². The number of pyridine rings is 1. The molecule has 27 heavy (non-hydrogen) atoms. The number of aromatic nitrogens is 1. The van der Waals surface area contributed by atoms with Gasteiger partial charge in [0.15, 0.2) is 0 Å². The van der Waals surface area contributed by atoms with E-state index in [0.29, 0.717) is 0 Å². The zero-order chi connectivity index (χ0) is 19.2. The van der Waals surface area contributed by atoms with Crippen molar-refractivity contribution >= 4 is 11.6 Å². The van der Waals surface area contributed by atoms with Crippen LogP contribution < -0.4 is 0 Å². The van der Waals surface area contributed by atoms with Crippen LogP contribution in [-0.4, -0.2) is 52.3 Å². The minimum atomic E-state index is -0.440. The largest absolute Gasteiger partial charge is 0.336 e. The molecule has 0 aliphatic carbocycles. The summed E-state index contributed by atoms with van der Waals surface area (Å²) in [6, 6.07) is 11.8. The van der Waals surface area contributed by atoms with Crippen molar-refractivity contribution in [2.45, 2.75) is 25.3 Å². The van der Waals surface area contributed by atoms with E-state index in [-0.39, 0.29) is 24.1 Å². The maximum atomic E-state index is 12.9. The van der Waals surface area contributed by atoms with Crippen LogP contribution >= 0.6 is 0 Å². The lowest BCUT2D eigenvalue weighted by molar-refractivity contribution is -0.384. The summed E-state index contributed by atoms with van der Waals surface area (Å²) in [7, 11) is 1.81. The fraction of sp³-hybridized carbons (Fsp3) is 0.400. The standard InChI is InChI=1S/C20H24N4O3/c1-22(20(25)14-16-7-9-17(10-8-16)24(26)27)19(15-23-12-4-5-13-23)18-6-2-3-11-21-18/h2-3,6-11,19H,4-5,12-15H2,1H3. The van der Waals surface area contributed by atoms with Crippen molar-refractivity contribution in [3.05, 3.63) is 70.0 Å². The Morgan fingerprint density at radius 3 is 2.52 bits per heavy atom. The number of nitro groups is 1. The molecular weight excluding hydrogens is 344 g/mol. The molecule has 1 saturated heterocycles. The first kappa shape index (κ1) is 19.0. The number of non-ortho nitro benzene ring substituents is 1. The van der Waals surface area contributed by atoms with Gasteiger partial charge in [-0.05, 0) is 43.6 Å². The lowest BCUT2D eigenvalue weighted by Gasteiger charge is -2.31. The number of carbonyl (C=O) groups is 1. The highest BCUT2D eigenvalue weighted by Gasteiger charge is 2.26. The molecular formula is C20H24N4O3. The number of benzene rings is 1. The third kappa shape index (κ3) is 4.89. The van der Waals surface area contributed by atoms with Crippen LogP contribution in [0.5, 0.6) is 0 Å². The van der Waals surface area contributed by atoms with Gasteiger partial charge in [-0.3, -0.25) is 19.9 Å². The average Bonchev–Trinajstić information content (AvgIpc) is 3.20. The molecule has 1 amide bonds. The van der Waals surface area contributed by atoms with Crippen LogP contribution in [0, 0.1) is 10.1 Å². The number of carbonyl (C=O) groups excluding carboxylic acids is 1. The fourth-order valence-electron chi connectivity index (χ4n) is 3.41. The Labute approximate surface area is 158 Å². The van der Waals surface area contributed by atoms with Gasteiger partial charge >= 0.3 is 0 Å². The monoisotopic (exact) mass is 368 g/mol. The van der Waals surface area contributed by atoms with Gasteiger partial charge in [0, 0.05) is 31.9 Å². The number of likely N-dealkylation sites (N-methyl/N-ethyl adjacent to an activating group) is 1. The normalized spacial score (nSPS) is 15.4. The van der Waals surface area contributed by atoms with Crippen molar-refractivity contribution in [2.75, 3.05) is 26.7 Å². The van der Waals surface area contributed by atoms with E-state index in [0.717, 1.165) is 30.9 Å². The fourth-order valence-corrected chi connectivity index (χ4v) is 3.41. The number of nitro benzene ring substituents is 1. The first-order valence-electron chi connectivity index (χ1n) is 9.17. The van der Waals surface area contributed by atoms with Crippen LogP contribution in [0.4, 0.5) is 5.69 Å². The summed E-state index contributed by atoms with van der Waals surface area (Å²) in [5.41, 5.74) is 1.67. The van der Waals surface area contributed by atoms with Crippen molar-refractivity contribution in [1.82, 2.24) is 14.8 Å². The first-order valence-corrected chi connectivity index (χ1v) is 9.17. The van der Waals surface area contributed by atoms with Gasteiger partial charge in [-0.25, -0.2) is 0 Å². The summed E-state index contributed by atoms with van der Waals surface area (Å²) < 4.78 is 0. The Hall–Kier alpha value is -2.80. The predicted octanol–water partition coefficient (Wildman–Crippen LogP) is 2.83. The molecule has 1 unspecified atom stereocenters. The number of hydrogen-bond donors (Lipinski definition) is 0. The van der Waals surface area contributed by atoms with Crippen molar-refractivity contribution in [1.29, 1.82) is 0 Å². The summed E-state index contributed by atoms with van der Waals surface area (Å²) in [6.07, 6.45) is 4.34. The molecule has 142 valence electrons. The summed E-state index contributed by atoms with van der Waals surface area (Å²) in [5.74, 6) is -0.0290. The quantitative estimate of drug-likeness (QED) is 0.555. The Kier molecular flexibility index (Phi) is 6.13. The van der Waals surface area contributed by atoms with Gasteiger partial charge in [-0.2, -0.15) is 0 Å². The minimum Gasteiger partial charge on any atom is -0.336 e. The molecule has 1 aliphatic heterocycles. The Balaban J connectivity index is 1.72. The van der Waals surface area contributed by atoms with Gasteiger partial charge in [0.05, 0.1) is 23.1 Å². The molecule has 2 heterocycles. The van der Waals surface area contributed by atoms with Crippen LogP contribution in [-0.2, 0) is 11.2 Å². The molecule has 7 nitrogen and oxygen atoms in total. The van der Waals surface area contributed by atoms with Gasteiger partial charge in [-0.15, -0.1) is 0 Å². The van der Waals surface area contributed by atoms with E-state index in [1.54, 1.807) is 23.2 Å².